The van der Waals surface area contributed by atoms with Crippen LogP contribution < -0.4 is 10.1 Å². The Kier molecular flexibility index (Phi) is 4.71. The van der Waals surface area contributed by atoms with E-state index in [0.717, 1.165) is 12.8 Å². The van der Waals surface area contributed by atoms with Gasteiger partial charge in [0.05, 0.1) is 0 Å². The van der Waals surface area contributed by atoms with E-state index in [4.69, 9.17) is 5.73 Å². The molecule has 4 fully saturated rings. The Labute approximate surface area is 186 Å². The van der Waals surface area contributed by atoms with E-state index >= 15 is 0 Å². The topological polar surface area (TPSA) is 43.1 Å². The maximum absolute atomic E-state index is 13.6. The zero-order chi connectivity index (χ0) is 21.4. The summed E-state index contributed by atoms with van der Waals surface area (Å²) in [6, 6.07) is 11.2. The molecule has 5 atom stereocenters. The average molecular weight is 464 g/mol. The van der Waals surface area contributed by atoms with Gasteiger partial charge in [-0.1, -0.05) is 0 Å². The number of hydrogen-bond acceptors (Lipinski definition) is 1. The molecule has 0 spiro atoms. The minimum absolute atomic E-state index is 0.0170. The Morgan fingerprint density at radius 2 is 1.60 bits per heavy atom. The third-order valence-corrected chi connectivity index (χ3v) is 18.7. The van der Waals surface area contributed by atoms with E-state index in [1.54, 1.807) is 9.97 Å². The third kappa shape index (κ3) is 2.40. The monoisotopic (exact) mass is 465 g/mol. The summed E-state index contributed by atoms with van der Waals surface area (Å²) in [5.74, 6) is 5.10. The molecule has 5 aliphatic rings. The van der Waals surface area contributed by atoms with Crippen LogP contribution in [0.2, 0.25) is 10.0 Å². The number of hydrogen-bond donors (Lipinski definition) is 1. The number of primary amides is 1. The summed E-state index contributed by atoms with van der Waals surface area (Å²) in [5, 5.41) is 0. The molecule has 2 nitrogen and oxygen atoms in total. The molecule has 5 unspecified atom stereocenters. The van der Waals surface area contributed by atoms with E-state index < -0.39 is 14.3 Å². The molecule has 0 aromatic heterocycles. The van der Waals surface area contributed by atoms with Crippen molar-refractivity contribution in [1.29, 1.82) is 0 Å². The zero-order valence-electron chi connectivity index (χ0n) is 19.3. The first-order valence-electron chi connectivity index (χ1n) is 12.0. The zero-order valence-corrected chi connectivity index (χ0v) is 21.7. The summed E-state index contributed by atoms with van der Waals surface area (Å²) < 4.78 is 1.57. The van der Waals surface area contributed by atoms with E-state index in [0.29, 0.717) is 23.7 Å². The summed E-state index contributed by atoms with van der Waals surface area (Å²) in [4.78, 5) is 13.6. The van der Waals surface area contributed by atoms with Crippen molar-refractivity contribution in [2.24, 2.45) is 34.8 Å². The fourth-order valence-electron chi connectivity index (χ4n) is 8.99. The Hall–Kier alpha value is -1.29. The van der Waals surface area contributed by atoms with Gasteiger partial charge in [0.25, 0.3) is 0 Å². The molecule has 0 heterocycles. The van der Waals surface area contributed by atoms with Crippen molar-refractivity contribution < 1.29 is 4.79 Å². The van der Waals surface area contributed by atoms with E-state index in [-0.39, 0.29) is 15.6 Å². The van der Waals surface area contributed by atoms with E-state index in [1.807, 2.05) is 0 Å². The Bertz CT molecular complexity index is 946. The number of benzene rings is 1. The van der Waals surface area contributed by atoms with E-state index in [1.165, 1.54) is 36.0 Å². The number of carbonyl (C=O) groups is 1. The molecular formula is C27H37GeNO. The first-order valence-corrected chi connectivity index (χ1v) is 16.8. The number of carbonyl (C=O) groups excluding carboxylic acids is 1. The molecule has 4 saturated carbocycles. The van der Waals surface area contributed by atoms with Gasteiger partial charge in [0.2, 0.25) is 0 Å². The van der Waals surface area contributed by atoms with Crippen molar-refractivity contribution in [2.45, 2.75) is 69.8 Å². The number of amides is 1. The van der Waals surface area contributed by atoms with Crippen LogP contribution in [-0.4, -0.2) is 20.3 Å². The van der Waals surface area contributed by atoms with Crippen molar-refractivity contribution in [3.63, 3.8) is 0 Å². The maximum atomic E-state index is 13.6. The SMILES string of the molecule is CC1=C(C)C(C)C([C]2([GeH]([CH3])[c]3ccccc3)C3CC4CC(C3)CC2(C(N)=O)C4)=C1C. The molecule has 0 saturated heterocycles. The van der Waals surface area contributed by atoms with Crippen LogP contribution in [0.3, 0.4) is 0 Å². The van der Waals surface area contributed by atoms with Crippen LogP contribution in [0.5, 0.6) is 0 Å². The van der Waals surface area contributed by atoms with Gasteiger partial charge in [-0.05, 0) is 0 Å². The quantitative estimate of drug-likeness (QED) is 0.619. The van der Waals surface area contributed by atoms with Crippen LogP contribution in [0.1, 0.15) is 59.8 Å². The summed E-state index contributed by atoms with van der Waals surface area (Å²) in [5.41, 5.74) is 12.2. The second-order valence-corrected chi connectivity index (χ2v) is 17.4. The van der Waals surface area contributed by atoms with Crippen molar-refractivity contribution in [3.8, 4) is 0 Å². The minimum atomic E-state index is -2.20. The summed E-state index contributed by atoms with van der Waals surface area (Å²) in [6.07, 6.45) is 6.04. The van der Waals surface area contributed by atoms with Crippen molar-refractivity contribution >= 4 is 24.7 Å². The molecule has 5 aliphatic carbocycles. The molecular weight excluding hydrogens is 427 g/mol. The number of rotatable bonds is 4. The van der Waals surface area contributed by atoms with Gasteiger partial charge in [0, 0.05) is 0 Å². The molecule has 1 amide bonds. The molecule has 0 aliphatic heterocycles. The normalized spacial score (nSPS) is 41.0. The predicted molar refractivity (Wildman–Crippen MR) is 127 cm³/mol. The Morgan fingerprint density at radius 1 is 1.00 bits per heavy atom. The van der Waals surface area contributed by atoms with Crippen LogP contribution in [0, 0.1) is 29.1 Å². The number of allylic oxidation sites excluding steroid dienone is 4. The number of nitrogens with two attached hydrogens (primary N) is 1. The van der Waals surface area contributed by atoms with Crippen molar-refractivity contribution in [2.75, 3.05) is 0 Å². The van der Waals surface area contributed by atoms with Crippen molar-refractivity contribution in [1.82, 2.24) is 0 Å². The predicted octanol–water partition coefficient (Wildman–Crippen LogP) is 5.11. The van der Waals surface area contributed by atoms with Gasteiger partial charge in [0.1, 0.15) is 0 Å². The van der Waals surface area contributed by atoms with Crippen LogP contribution in [0.15, 0.2) is 52.6 Å². The van der Waals surface area contributed by atoms with E-state index in [9.17, 15) is 4.79 Å². The van der Waals surface area contributed by atoms with Crippen LogP contribution >= 0.6 is 0 Å². The van der Waals surface area contributed by atoms with Crippen LogP contribution in [0.25, 0.3) is 0 Å². The molecule has 0 radical (unpaired) electrons. The summed E-state index contributed by atoms with van der Waals surface area (Å²) in [6.45, 7) is 9.37. The molecule has 6 rings (SSSR count). The van der Waals surface area contributed by atoms with Crippen LogP contribution in [0.4, 0.5) is 0 Å². The van der Waals surface area contributed by atoms with Gasteiger partial charge >= 0.3 is 187 Å². The first kappa shape index (κ1) is 20.6. The van der Waals surface area contributed by atoms with Gasteiger partial charge in [-0.25, -0.2) is 0 Å². The van der Waals surface area contributed by atoms with Gasteiger partial charge in [0.15, 0.2) is 0 Å². The second-order valence-electron chi connectivity index (χ2n) is 11.1. The first-order chi connectivity index (χ1) is 14.2. The standard InChI is InChI=1S/C27H37GeNO/c1-16-17(2)19(4)24(18(16)3)27(28(5)23-9-7-6-8-10-23)22-12-20-11-21(13-22)15-26(27,14-20)25(29)30/h6-10,18,20-22,28H,11-15H2,1-5H3,(H2,29,30). The van der Waals surface area contributed by atoms with Crippen LogP contribution in [-0.2, 0) is 4.79 Å². The molecule has 4 bridgehead atoms. The molecule has 3 heteroatoms. The summed E-state index contributed by atoms with van der Waals surface area (Å²) >= 11 is -2.20. The fraction of sp³-hybridized carbons (Fsp3) is 0.593. The fourth-order valence-corrected chi connectivity index (χ4v) is 18.3. The molecule has 2 N–H and O–H groups in total. The average Bonchev–Trinajstić information content (AvgIpc) is 2.91. The third-order valence-electron chi connectivity index (χ3n) is 10.2. The van der Waals surface area contributed by atoms with Gasteiger partial charge < -0.3 is 0 Å². The van der Waals surface area contributed by atoms with Gasteiger partial charge in [-0.2, -0.15) is 0 Å². The Morgan fingerprint density at radius 3 is 2.10 bits per heavy atom. The molecule has 1 aromatic carbocycles. The van der Waals surface area contributed by atoms with E-state index in [2.05, 4.69) is 63.8 Å². The van der Waals surface area contributed by atoms with Gasteiger partial charge in [-0.3, -0.25) is 0 Å². The van der Waals surface area contributed by atoms with Crippen molar-refractivity contribution in [3.05, 3.63) is 52.6 Å². The molecule has 1 aromatic rings. The Balaban J connectivity index is 1.82. The summed E-state index contributed by atoms with van der Waals surface area (Å²) in [7, 11) is 0. The second kappa shape index (κ2) is 6.85. The molecule has 30 heavy (non-hydrogen) atoms. The molecule has 160 valence electrons. The van der Waals surface area contributed by atoms with Gasteiger partial charge in [-0.15, -0.1) is 0 Å².